The lowest BCUT2D eigenvalue weighted by molar-refractivity contribution is 0.880. The van der Waals surface area contributed by atoms with E-state index in [4.69, 9.17) is 0 Å². The summed E-state index contributed by atoms with van der Waals surface area (Å²) in [7, 11) is 0. The van der Waals surface area contributed by atoms with Gasteiger partial charge in [0.1, 0.15) is 0 Å². The molecule has 28 heavy (non-hydrogen) atoms. The molecule has 1 aliphatic heterocycles. The molecule has 2 aromatic carbocycles. The van der Waals surface area contributed by atoms with Crippen molar-refractivity contribution in [3.8, 4) is 11.4 Å². The van der Waals surface area contributed by atoms with E-state index in [1.54, 1.807) is 12.4 Å². The van der Waals surface area contributed by atoms with E-state index in [2.05, 4.69) is 87.9 Å². The highest BCUT2D eigenvalue weighted by Crippen LogP contribution is 2.22. The lowest BCUT2D eigenvalue weighted by Crippen LogP contribution is -2.45. The Morgan fingerprint density at radius 2 is 1.36 bits per heavy atom. The van der Waals surface area contributed by atoms with Gasteiger partial charge in [-0.25, -0.2) is 9.36 Å². The minimum Gasteiger partial charge on any atom is -0.383 e. The molecule has 0 spiro atoms. The topological polar surface area (TPSA) is 38.9 Å². The van der Waals surface area contributed by atoms with E-state index in [0.29, 0.717) is 0 Å². The van der Waals surface area contributed by atoms with Gasteiger partial charge < -0.3 is 4.81 Å². The zero-order chi connectivity index (χ0) is 18.8. The highest BCUT2D eigenvalue weighted by atomic mass is 15.3. The summed E-state index contributed by atoms with van der Waals surface area (Å²) < 4.78 is 3.76. The lowest BCUT2D eigenvalue weighted by Gasteiger charge is -2.29. The Bertz CT molecular complexity index is 1040. The Balaban J connectivity index is 1.52. The summed E-state index contributed by atoms with van der Waals surface area (Å²) >= 11 is 0. The normalized spacial score (nSPS) is 13.3. The van der Waals surface area contributed by atoms with Crippen molar-refractivity contribution in [2.45, 2.75) is 0 Å². The smallest absolute Gasteiger partial charge is 0.320 e. The predicted octanol–water partition coefficient (Wildman–Crippen LogP) is 3.39. The lowest BCUT2D eigenvalue weighted by atomic mass is 9.53. The highest BCUT2D eigenvalue weighted by molar-refractivity contribution is 6.81. The first kappa shape index (κ1) is 16.4. The van der Waals surface area contributed by atoms with Gasteiger partial charge in [-0.15, -0.1) is 0 Å². The third-order valence-corrected chi connectivity index (χ3v) is 4.83. The van der Waals surface area contributed by atoms with Crippen molar-refractivity contribution in [3.05, 3.63) is 110 Å². The molecule has 0 unspecified atom stereocenters. The number of allylic oxidation sites excluding steroid dienone is 2. The predicted molar refractivity (Wildman–Crippen MR) is 113 cm³/mol. The average Bonchev–Trinajstić information content (AvgIpc) is 3.48. The summed E-state index contributed by atoms with van der Waals surface area (Å²) in [5, 5.41) is 8.70. The van der Waals surface area contributed by atoms with Crippen LogP contribution in [0.15, 0.2) is 110 Å². The Labute approximate surface area is 163 Å². The quantitative estimate of drug-likeness (QED) is 0.522. The maximum atomic E-state index is 4.35. The Hall–Kier alpha value is -3.80. The fourth-order valence-corrected chi connectivity index (χ4v) is 3.51. The van der Waals surface area contributed by atoms with Crippen LogP contribution in [0, 0.1) is 0 Å². The molecule has 6 heteroatoms. The van der Waals surface area contributed by atoms with Crippen molar-refractivity contribution in [3.63, 3.8) is 0 Å². The van der Waals surface area contributed by atoms with Crippen LogP contribution in [0.3, 0.4) is 0 Å². The second-order valence-electron chi connectivity index (χ2n) is 6.59. The van der Waals surface area contributed by atoms with Crippen molar-refractivity contribution in [2.75, 3.05) is 4.81 Å². The van der Waals surface area contributed by atoms with Gasteiger partial charge in [-0.05, 0) is 60.2 Å². The van der Waals surface area contributed by atoms with Crippen LogP contribution >= 0.6 is 0 Å². The summed E-state index contributed by atoms with van der Waals surface area (Å²) in [6.45, 7) is 0.105. The Kier molecular flexibility index (Phi) is 4.14. The third kappa shape index (κ3) is 3.05. The molecule has 0 amide bonds. The minimum atomic E-state index is 0.105. The van der Waals surface area contributed by atoms with E-state index in [1.165, 1.54) is 5.46 Å². The molecule has 0 bridgehead atoms. The molecule has 5 rings (SSSR count). The molecule has 0 radical (unpaired) electrons. The maximum absolute atomic E-state index is 4.35. The molecule has 5 nitrogen and oxygen atoms in total. The van der Waals surface area contributed by atoms with Gasteiger partial charge in [-0.1, -0.05) is 30.3 Å². The molecular weight excluding hydrogens is 345 g/mol. The van der Waals surface area contributed by atoms with Gasteiger partial charge in [0.05, 0.1) is 11.4 Å². The summed E-state index contributed by atoms with van der Waals surface area (Å²) in [5.74, 6) is 2.21. The van der Waals surface area contributed by atoms with Gasteiger partial charge in [0.15, 0.2) is 0 Å². The van der Waals surface area contributed by atoms with Gasteiger partial charge in [-0.3, -0.25) is 0 Å². The molecule has 0 aliphatic carbocycles. The molecule has 0 N–H and O–H groups in total. The second kappa shape index (κ2) is 7.08. The van der Waals surface area contributed by atoms with Gasteiger partial charge in [0.25, 0.3) is 0 Å². The van der Waals surface area contributed by atoms with Gasteiger partial charge >= 0.3 is 6.85 Å². The van der Waals surface area contributed by atoms with E-state index < -0.39 is 0 Å². The monoisotopic (exact) mass is 363 g/mol. The van der Waals surface area contributed by atoms with Crippen LogP contribution in [0.1, 0.15) is 0 Å². The maximum Gasteiger partial charge on any atom is 0.320 e. The van der Waals surface area contributed by atoms with Crippen LogP contribution in [0.2, 0.25) is 0 Å². The fraction of sp³-hybridized carbons (Fsp3) is 0. The minimum absolute atomic E-state index is 0.105. The second-order valence-corrected chi connectivity index (χ2v) is 6.59. The molecule has 0 atom stereocenters. The molecule has 3 heterocycles. The van der Waals surface area contributed by atoms with E-state index in [1.807, 2.05) is 33.9 Å². The Morgan fingerprint density at radius 3 is 2.07 bits per heavy atom. The average molecular weight is 363 g/mol. The van der Waals surface area contributed by atoms with Gasteiger partial charge in [-0.2, -0.15) is 10.2 Å². The summed E-state index contributed by atoms with van der Waals surface area (Å²) in [6.07, 6.45) is 13.8. The molecule has 4 aromatic rings. The number of benzene rings is 2. The largest absolute Gasteiger partial charge is 0.383 e. The van der Waals surface area contributed by atoms with E-state index in [9.17, 15) is 0 Å². The van der Waals surface area contributed by atoms with E-state index in [-0.39, 0.29) is 6.85 Å². The van der Waals surface area contributed by atoms with Crippen LogP contribution in [0.4, 0.5) is 5.69 Å². The summed E-state index contributed by atoms with van der Waals surface area (Å²) in [4.78, 5) is 2.27. The first-order valence-electron chi connectivity index (χ1n) is 9.22. The highest BCUT2D eigenvalue weighted by Gasteiger charge is 2.24. The number of nitrogens with zero attached hydrogens (tertiary/aromatic N) is 5. The van der Waals surface area contributed by atoms with Crippen molar-refractivity contribution < 1.29 is 0 Å². The van der Waals surface area contributed by atoms with Gasteiger partial charge in [0, 0.05) is 30.5 Å². The van der Waals surface area contributed by atoms with Crippen LogP contribution in [0.25, 0.3) is 11.4 Å². The fourth-order valence-electron chi connectivity index (χ4n) is 3.51. The van der Waals surface area contributed by atoms with Crippen molar-refractivity contribution in [1.82, 2.24) is 19.6 Å². The zero-order valence-corrected chi connectivity index (χ0v) is 15.2. The third-order valence-electron chi connectivity index (χ3n) is 4.83. The molecular formula is C22H18BN5. The molecule has 0 saturated heterocycles. The van der Waals surface area contributed by atoms with Crippen LogP contribution in [0.5, 0.6) is 0 Å². The first-order chi connectivity index (χ1) is 13.9. The van der Waals surface area contributed by atoms with Crippen LogP contribution < -0.4 is 10.3 Å². The number of hydrogen-bond acceptors (Lipinski definition) is 3. The standard InChI is InChI=1S/C22H18BN5/c1-2-14-26(20-8-4-10-22(18-20)28-16-6-13-25-28)23(11-1)19-7-3-9-21(17-19)27-15-5-12-24-27/h1-18H. The zero-order valence-electron chi connectivity index (χ0n) is 15.2. The van der Waals surface area contributed by atoms with E-state index in [0.717, 1.165) is 17.1 Å². The molecule has 0 fully saturated rings. The van der Waals surface area contributed by atoms with E-state index >= 15 is 0 Å². The molecule has 1 aliphatic rings. The number of hydrogen-bond donors (Lipinski definition) is 0. The van der Waals surface area contributed by atoms with Gasteiger partial charge in [0.2, 0.25) is 0 Å². The first-order valence-corrected chi connectivity index (χ1v) is 9.22. The van der Waals surface area contributed by atoms with Crippen molar-refractivity contribution in [1.29, 1.82) is 0 Å². The van der Waals surface area contributed by atoms with Crippen molar-refractivity contribution >= 4 is 18.0 Å². The van der Waals surface area contributed by atoms with Crippen LogP contribution in [-0.4, -0.2) is 26.4 Å². The molecule has 134 valence electrons. The van der Waals surface area contributed by atoms with Crippen LogP contribution in [-0.2, 0) is 0 Å². The Morgan fingerprint density at radius 1 is 0.679 bits per heavy atom. The number of rotatable bonds is 4. The summed E-state index contributed by atoms with van der Waals surface area (Å²) in [6, 6.07) is 20.8. The SMILES string of the molecule is C1=CB(c2cccc(-n3cccn3)c2)N(c2cccc(-n3cccn3)c2)C=C1. The molecule has 0 saturated carbocycles. The molecule has 2 aromatic heterocycles. The number of anilines is 1. The van der Waals surface area contributed by atoms with Crippen molar-refractivity contribution in [2.24, 2.45) is 0 Å². The number of aromatic nitrogens is 4. The summed E-state index contributed by atoms with van der Waals surface area (Å²) in [5.41, 5.74) is 4.41.